The maximum Gasteiger partial charge on any atom is 0.136 e. The Bertz CT molecular complexity index is 291. The molecule has 15 heavy (non-hydrogen) atoms. The van der Waals surface area contributed by atoms with Gasteiger partial charge in [-0.2, -0.15) is 0 Å². The summed E-state index contributed by atoms with van der Waals surface area (Å²) in [5, 5.41) is 0. The van der Waals surface area contributed by atoms with Gasteiger partial charge in [-0.15, -0.1) is 0 Å². The summed E-state index contributed by atoms with van der Waals surface area (Å²) in [5.41, 5.74) is 1.23. The number of rotatable bonds is 2. The second-order valence-corrected chi connectivity index (χ2v) is 3.89. The highest BCUT2D eigenvalue weighted by Crippen LogP contribution is 2.08. The van der Waals surface area contributed by atoms with Gasteiger partial charge in [-0.05, 0) is 5.56 Å². The molecule has 0 radical (unpaired) electrons. The van der Waals surface area contributed by atoms with E-state index in [9.17, 15) is 4.39 Å². The van der Waals surface area contributed by atoms with Crippen molar-refractivity contribution in [2.75, 3.05) is 26.3 Å². The van der Waals surface area contributed by atoms with Crippen LogP contribution in [0.5, 0.6) is 0 Å². The first kappa shape index (κ1) is 10.6. The Morgan fingerprint density at radius 2 is 2.13 bits per heavy atom. The molecule has 1 aliphatic heterocycles. The van der Waals surface area contributed by atoms with Gasteiger partial charge in [0.2, 0.25) is 0 Å². The van der Waals surface area contributed by atoms with E-state index in [2.05, 4.69) is 17.0 Å². The highest BCUT2D eigenvalue weighted by atomic mass is 19.1. The van der Waals surface area contributed by atoms with Crippen LogP contribution in [0.1, 0.15) is 5.56 Å². The minimum Gasteiger partial charge on any atom is -0.377 e. The zero-order valence-electron chi connectivity index (χ0n) is 8.73. The lowest BCUT2D eigenvalue weighted by Gasteiger charge is -2.19. The Labute approximate surface area is 89.7 Å². The molecular weight excluding hydrogens is 193 g/mol. The standard InChI is InChI=1S/C12H16FNO/c13-12-9-14(6-7-15-10-12)8-11-4-2-1-3-5-11/h1-5,12H,6-10H2. The first-order valence-corrected chi connectivity index (χ1v) is 5.32. The van der Waals surface area contributed by atoms with Crippen molar-refractivity contribution in [2.45, 2.75) is 12.7 Å². The number of ether oxygens (including phenoxy) is 1. The second-order valence-electron chi connectivity index (χ2n) is 3.89. The van der Waals surface area contributed by atoms with E-state index in [-0.39, 0.29) is 6.61 Å². The molecule has 0 saturated carbocycles. The van der Waals surface area contributed by atoms with Crippen molar-refractivity contribution in [1.82, 2.24) is 4.90 Å². The van der Waals surface area contributed by atoms with Gasteiger partial charge < -0.3 is 4.74 Å². The van der Waals surface area contributed by atoms with Gasteiger partial charge in [-0.1, -0.05) is 30.3 Å². The van der Waals surface area contributed by atoms with Crippen LogP contribution in [0.3, 0.4) is 0 Å². The molecule has 2 nitrogen and oxygen atoms in total. The van der Waals surface area contributed by atoms with Crippen LogP contribution in [-0.2, 0) is 11.3 Å². The van der Waals surface area contributed by atoms with E-state index in [4.69, 9.17) is 4.74 Å². The third-order valence-corrected chi connectivity index (χ3v) is 2.56. The molecule has 3 heteroatoms. The lowest BCUT2D eigenvalue weighted by molar-refractivity contribution is 0.105. The Hall–Kier alpha value is -0.930. The average Bonchev–Trinajstić information content (AvgIpc) is 2.44. The third-order valence-electron chi connectivity index (χ3n) is 2.56. The van der Waals surface area contributed by atoms with Gasteiger partial charge in [0, 0.05) is 19.6 Å². The summed E-state index contributed by atoms with van der Waals surface area (Å²) in [6.45, 7) is 2.98. The molecule has 0 bridgehead atoms. The molecule has 2 rings (SSSR count). The molecule has 1 aromatic rings. The lowest BCUT2D eigenvalue weighted by atomic mass is 10.2. The molecule has 0 amide bonds. The van der Waals surface area contributed by atoms with Crippen molar-refractivity contribution in [3.05, 3.63) is 35.9 Å². The van der Waals surface area contributed by atoms with Crippen LogP contribution in [0.4, 0.5) is 4.39 Å². The van der Waals surface area contributed by atoms with E-state index < -0.39 is 6.17 Å². The average molecular weight is 209 g/mol. The summed E-state index contributed by atoms with van der Waals surface area (Å²) in [7, 11) is 0. The van der Waals surface area contributed by atoms with Crippen LogP contribution in [-0.4, -0.2) is 37.4 Å². The quantitative estimate of drug-likeness (QED) is 0.737. The minimum absolute atomic E-state index is 0.241. The molecular formula is C12H16FNO. The van der Waals surface area contributed by atoms with Crippen LogP contribution >= 0.6 is 0 Å². The molecule has 0 aliphatic carbocycles. The molecule has 1 heterocycles. The molecule has 1 aliphatic rings. The maximum absolute atomic E-state index is 13.2. The normalized spacial score (nSPS) is 23.7. The van der Waals surface area contributed by atoms with Crippen molar-refractivity contribution >= 4 is 0 Å². The number of halogens is 1. The molecule has 0 aromatic heterocycles. The largest absolute Gasteiger partial charge is 0.377 e. The van der Waals surface area contributed by atoms with Crippen LogP contribution in [0, 0.1) is 0 Å². The monoisotopic (exact) mass is 209 g/mol. The predicted molar refractivity (Wildman–Crippen MR) is 57.4 cm³/mol. The van der Waals surface area contributed by atoms with E-state index in [1.807, 2.05) is 18.2 Å². The number of hydrogen-bond donors (Lipinski definition) is 0. The fourth-order valence-corrected chi connectivity index (χ4v) is 1.81. The summed E-state index contributed by atoms with van der Waals surface area (Å²) in [4.78, 5) is 2.10. The molecule has 1 atom stereocenters. The highest BCUT2D eigenvalue weighted by Gasteiger charge is 2.17. The van der Waals surface area contributed by atoms with E-state index >= 15 is 0 Å². The smallest absolute Gasteiger partial charge is 0.136 e. The maximum atomic E-state index is 13.2. The molecule has 0 N–H and O–H groups in total. The Kier molecular flexibility index (Phi) is 3.69. The van der Waals surface area contributed by atoms with Crippen molar-refractivity contribution in [2.24, 2.45) is 0 Å². The van der Waals surface area contributed by atoms with E-state index in [0.29, 0.717) is 13.2 Å². The van der Waals surface area contributed by atoms with E-state index in [1.54, 1.807) is 0 Å². The summed E-state index contributed by atoms with van der Waals surface area (Å²) in [6, 6.07) is 10.2. The Morgan fingerprint density at radius 1 is 1.33 bits per heavy atom. The fraction of sp³-hybridized carbons (Fsp3) is 0.500. The molecule has 1 fully saturated rings. The Balaban J connectivity index is 1.93. The van der Waals surface area contributed by atoms with Crippen LogP contribution < -0.4 is 0 Å². The van der Waals surface area contributed by atoms with Gasteiger partial charge in [-0.3, -0.25) is 4.90 Å². The zero-order chi connectivity index (χ0) is 10.5. The van der Waals surface area contributed by atoms with Crippen molar-refractivity contribution in [3.8, 4) is 0 Å². The summed E-state index contributed by atoms with van der Waals surface area (Å²) >= 11 is 0. The minimum atomic E-state index is -0.851. The molecule has 1 saturated heterocycles. The third kappa shape index (κ3) is 3.29. The molecule has 1 aromatic carbocycles. The van der Waals surface area contributed by atoms with Crippen molar-refractivity contribution < 1.29 is 9.13 Å². The highest BCUT2D eigenvalue weighted by molar-refractivity contribution is 5.14. The van der Waals surface area contributed by atoms with Crippen LogP contribution in [0.15, 0.2) is 30.3 Å². The first-order valence-electron chi connectivity index (χ1n) is 5.32. The molecule has 1 unspecified atom stereocenters. The summed E-state index contributed by atoms with van der Waals surface area (Å²) in [6.07, 6.45) is -0.851. The van der Waals surface area contributed by atoms with Crippen LogP contribution in [0.25, 0.3) is 0 Å². The Morgan fingerprint density at radius 3 is 2.93 bits per heavy atom. The van der Waals surface area contributed by atoms with Crippen molar-refractivity contribution in [3.63, 3.8) is 0 Å². The first-order chi connectivity index (χ1) is 7.34. The lowest BCUT2D eigenvalue weighted by Crippen LogP contribution is -2.30. The van der Waals surface area contributed by atoms with Gasteiger partial charge in [0.1, 0.15) is 6.17 Å². The van der Waals surface area contributed by atoms with E-state index in [1.165, 1.54) is 5.56 Å². The fourth-order valence-electron chi connectivity index (χ4n) is 1.81. The molecule has 0 spiro atoms. The van der Waals surface area contributed by atoms with Gasteiger partial charge in [-0.25, -0.2) is 4.39 Å². The zero-order valence-corrected chi connectivity index (χ0v) is 8.73. The van der Waals surface area contributed by atoms with Gasteiger partial charge >= 0.3 is 0 Å². The van der Waals surface area contributed by atoms with Crippen molar-refractivity contribution in [1.29, 1.82) is 0 Å². The van der Waals surface area contributed by atoms with Gasteiger partial charge in [0.15, 0.2) is 0 Å². The SMILES string of the molecule is FC1COCCN(Cc2ccccc2)C1. The number of nitrogens with zero attached hydrogens (tertiary/aromatic N) is 1. The number of alkyl halides is 1. The summed E-state index contributed by atoms with van der Waals surface area (Å²) < 4.78 is 18.4. The van der Waals surface area contributed by atoms with Crippen LogP contribution in [0.2, 0.25) is 0 Å². The number of hydrogen-bond acceptors (Lipinski definition) is 2. The van der Waals surface area contributed by atoms with Gasteiger partial charge in [0.05, 0.1) is 13.2 Å². The summed E-state index contributed by atoms with van der Waals surface area (Å²) in [5.74, 6) is 0. The number of benzene rings is 1. The molecule has 82 valence electrons. The van der Waals surface area contributed by atoms with E-state index in [0.717, 1.165) is 13.1 Å². The topological polar surface area (TPSA) is 12.5 Å². The second kappa shape index (κ2) is 5.24. The van der Waals surface area contributed by atoms with Gasteiger partial charge in [0.25, 0.3) is 0 Å². The predicted octanol–water partition coefficient (Wildman–Crippen LogP) is 1.86.